The van der Waals surface area contributed by atoms with Crippen LogP contribution in [0.25, 0.3) is 0 Å². The molecular formula is C17H19NO3. The highest BCUT2D eigenvalue weighted by atomic mass is 16.4. The number of carbonyl (C=O) groups excluding carboxylic acids is 1. The third kappa shape index (κ3) is 1.68. The van der Waals surface area contributed by atoms with E-state index >= 15 is 0 Å². The number of fused-ring (bicyclic) bond motifs is 2. The van der Waals surface area contributed by atoms with E-state index in [9.17, 15) is 14.7 Å². The van der Waals surface area contributed by atoms with E-state index < -0.39 is 11.5 Å². The van der Waals surface area contributed by atoms with E-state index in [0.29, 0.717) is 12.8 Å². The van der Waals surface area contributed by atoms with Gasteiger partial charge in [-0.2, -0.15) is 0 Å². The Bertz CT molecular complexity index is 635. The number of rotatable bonds is 3. The number of aryl methyl sites for hydroxylation is 1. The van der Waals surface area contributed by atoms with Crippen LogP contribution in [-0.2, 0) is 21.4 Å². The zero-order chi connectivity index (χ0) is 14.7. The third-order valence-corrected chi connectivity index (χ3v) is 5.76. The van der Waals surface area contributed by atoms with Gasteiger partial charge in [0.2, 0.25) is 5.91 Å². The van der Waals surface area contributed by atoms with Crippen molar-refractivity contribution in [3.8, 4) is 0 Å². The molecule has 110 valence electrons. The minimum Gasteiger partial charge on any atom is -0.480 e. The maximum absolute atomic E-state index is 12.5. The fourth-order valence-corrected chi connectivity index (χ4v) is 4.18. The van der Waals surface area contributed by atoms with Crippen molar-refractivity contribution in [1.82, 2.24) is 5.32 Å². The molecule has 2 fully saturated rings. The minimum absolute atomic E-state index is 0.00980. The smallest absolute Gasteiger partial charge is 0.329 e. The topological polar surface area (TPSA) is 66.4 Å². The summed E-state index contributed by atoms with van der Waals surface area (Å²) in [4.78, 5) is 23.9. The van der Waals surface area contributed by atoms with Crippen LogP contribution in [0.15, 0.2) is 24.3 Å². The van der Waals surface area contributed by atoms with Crippen LogP contribution in [0.2, 0.25) is 0 Å². The van der Waals surface area contributed by atoms with Crippen LogP contribution in [-0.4, -0.2) is 22.5 Å². The molecule has 4 nitrogen and oxygen atoms in total. The first-order valence-electron chi connectivity index (χ1n) is 7.71. The number of hydrogen-bond donors (Lipinski definition) is 2. The lowest BCUT2D eigenvalue weighted by Crippen LogP contribution is -2.59. The second-order valence-electron chi connectivity index (χ2n) is 6.80. The molecule has 2 saturated carbocycles. The number of carboxylic acid groups (broad SMARTS) is 1. The number of carboxylic acids is 1. The minimum atomic E-state index is -0.987. The maximum atomic E-state index is 12.5. The number of nitrogens with one attached hydrogen (secondary N) is 1. The summed E-state index contributed by atoms with van der Waals surface area (Å²) in [5.41, 5.74) is 1.66. The largest absolute Gasteiger partial charge is 0.480 e. The number of aliphatic carboxylic acids is 1. The SMILES string of the molecule is O=C(NC1(C(=O)O)CCC1)C1CC12CCc1ccccc12. The third-order valence-electron chi connectivity index (χ3n) is 5.76. The van der Waals surface area contributed by atoms with Gasteiger partial charge in [-0.3, -0.25) is 4.79 Å². The molecule has 0 radical (unpaired) electrons. The van der Waals surface area contributed by atoms with Crippen LogP contribution in [0, 0.1) is 5.92 Å². The lowest BCUT2D eigenvalue weighted by atomic mass is 9.76. The molecule has 1 amide bonds. The molecule has 0 bridgehead atoms. The molecule has 0 saturated heterocycles. The molecule has 0 heterocycles. The number of amides is 1. The summed E-state index contributed by atoms with van der Waals surface area (Å²) in [6, 6.07) is 8.35. The van der Waals surface area contributed by atoms with Gasteiger partial charge in [0.25, 0.3) is 0 Å². The highest BCUT2D eigenvalue weighted by Gasteiger charge is 2.62. The number of carbonyl (C=O) groups is 2. The highest BCUT2D eigenvalue weighted by Crippen LogP contribution is 2.61. The Balaban J connectivity index is 1.53. The molecule has 1 spiro atoms. The van der Waals surface area contributed by atoms with Gasteiger partial charge in [-0.05, 0) is 49.7 Å². The van der Waals surface area contributed by atoms with Crippen LogP contribution in [0.5, 0.6) is 0 Å². The fourth-order valence-electron chi connectivity index (χ4n) is 4.18. The first kappa shape index (κ1) is 12.9. The van der Waals surface area contributed by atoms with Crippen LogP contribution in [0.1, 0.15) is 43.2 Å². The molecule has 3 aliphatic carbocycles. The maximum Gasteiger partial charge on any atom is 0.329 e. The summed E-state index contributed by atoms with van der Waals surface area (Å²) in [5.74, 6) is -0.990. The van der Waals surface area contributed by atoms with Crippen molar-refractivity contribution < 1.29 is 14.7 Å². The van der Waals surface area contributed by atoms with E-state index in [4.69, 9.17) is 0 Å². The van der Waals surface area contributed by atoms with Crippen molar-refractivity contribution in [2.24, 2.45) is 5.92 Å². The van der Waals surface area contributed by atoms with Gasteiger partial charge in [0, 0.05) is 11.3 Å². The molecule has 0 aliphatic heterocycles. The summed E-state index contributed by atoms with van der Waals surface area (Å²) >= 11 is 0. The lowest BCUT2D eigenvalue weighted by Gasteiger charge is -2.38. The quantitative estimate of drug-likeness (QED) is 0.893. The van der Waals surface area contributed by atoms with Gasteiger partial charge in [0.1, 0.15) is 5.54 Å². The van der Waals surface area contributed by atoms with Gasteiger partial charge in [0.05, 0.1) is 0 Å². The van der Waals surface area contributed by atoms with Crippen molar-refractivity contribution in [2.75, 3.05) is 0 Å². The van der Waals surface area contributed by atoms with Gasteiger partial charge < -0.3 is 10.4 Å². The average molecular weight is 285 g/mol. The monoisotopic (exact) mass is 285 g/mol. The van der Waals surface area contributed by atoms with E-state index in [-0.39, 0.29) is 17.2 Å². The Morgan fingerprint density at radius 2 is 1.95 bits per heavy atom. The van der Waals surface area contributed by atoms with Crippen LogP contribution in [0.4, 0.5) is 0 Å². The molecule has 21 heavy (non-hydrogen) atoms. The fraction of sp³-hybridized carbons (Fsp3) is 0.529. The van der Waals surface area contributed by atoms with E-state index in [2.05, 4.69) is 17.4 Å². The Labute approximate surface area is 123 Å². The van der Waals surface area contributed by atoms with E-state index in [1.165, 1.54) is 11.1 Å². The molecule has 4 rings (SSSR count). The molecule has 4 heteroatoms. The van der Waals surface area contributed by atoms with Gasteiger partial charge in [-0.15, -0.1) is 0 Å². The molecular weight excluding hydrogens is 266 g/mol. The normalized spacial score (nSPS) is 31.3. The molecule has 1 aromatic carbocycles. The molecule has 2 N–H and O–H groups in total. The Kier molecular flexibility index (Phi) is 2.51. The molecule has 2 atom stereocenters. The van der Waals surface area contributed by atoms with Crippen molar-refractivity contribution in [2.45, 2.75) is 49.5 Å². The Morgan fingerprint density at radius 1 is 1.19 bits per heavy atom. The number of benzene rings is 1. The summed E-state index contributed by atoms with van der Waals surface area (Å²) in [5, 5.41) is 12.2. The summed E-state index contributed by atoms with van der Waals surface area (Å²) in [6.07, 6.45) is 4.92. The van der Waals surface area contributed by atoms with Crippen molar-refractivity contribution in [3.05, 3.63) is 35.4 Å². The highest BCUT2D eigenvalue weighted by molar-refractivity contribution is 5.91. The van der Waals surface area contributed by atoms with Gasteiger partial charge in [-0.1, -0.05) is 24.3 Å². The molecule has 1 aromatic rings. The Morgan fingerprint density at radius 3 is 2.62 bits per heavy atom. The first-order chi connectivity index (χ1) is 10.1. The van der Waals surface area contributed by atoms with E-state index in [1.54, 1.807) is 0 Å². The van der Waals surface area contributed by atoms with Crippen LogP contribution in [0.3, 0.4) is 0 Å². The Hall–Kier alpha value is -1.84. The summed E-state index contributed by atoms with van der Waals surface area (Å²) in [7, 11) is 0. The predicted octanol–water partition coefficient (Wildman–Crippen LogP) is 2.01. The standard InChI is InChI=1S/C17H19NO3/c19-14(18-17(15(20)21)7-3-8-17)13-10-16(13)9-6-11-4-1-2-5-12(11)16/h1-2,4-5,13H,3,6-10H2,(H,18,19)(H,20,21). The predicted molar refractivity (Wildman–Crippen MR) is 76.9 cm³/mol. The average Bonchev–Trinajstić information content (AvgIpc) is 3.04. The molecule has 0 aromatic heterocycles. The number of hydrogen-bond acceptors (Lipinski definition) is 2. The lowest BCUT2D eigenvalue weighted by molar-refractivity contribution is -0.152. The van der Waals surface area contributed by atoms with Crippen molar-refractivity contribution in [1.29, 1.82) is 0 Å². The zero-order valence-electron chi connectivity index (χ0n) is 11.9. The second kappa shape index (κ2) is 4.09. The van der Waals surface area contributed by atoms with E-state index in [1.807, 2.05) is 12.1 Å². The molecule has 2 unspecified atom stereocenters. The second-order valence-corrected chi connectivity index (χ2v) is 6.80. The van der Waals surface area contributed by atoms with E-state index in [0.717, 1.165) is 25.7 Å². The van der Waals surface area contributed by atoms with Crippen molar-refractivity contribution >= 4 is 11.9 Å². The van der Waals surface area contributed by atoms with Gasteiger partial charge in [0.15, 0.2) is 0 Å². The summed E-state index contributed by atoms with van der Waals surface area (Å²) < 4.78 is 0. The summed E-state index contributed by atoms with van der Waals surface area (Å²) in [6.45, 7) is 0. The van der Waals surface area contributed by atoms with Crippen LogP contribution >= 0.6 is 0 Å². The van der Waals surface area contributed by atoms with Gasteiger partial charge >= 0.3 is 5.97 Å². The first-order valence-corrected chi connectivity index (χ1v) is 7.71. The van der Waals surface area contributed by atoms with Gasteiger partial charge in [-0.25, -0.2) is 4.79 Å². The van der Waals surface area contributed by atoms with Crippen molar-refractivity contribution in [3.63, 3.8) is 0 Å². The van der Waals surface area contributed by atoms with Crippen LogP contribution < -0.4 is 5.32 Å². The molecule has 3 aliphatic rings. The zero-order valence-corrected chi connectivity index (χ0v) is 11.9.